The van der Waals surface area contributed by atoms with E-state index in [1.807, 2.05) is 6.07 Å². The number of benzene rings is 3. The van der Waals surface area contributed by atoms with Crippen LogP contribution >= 0.6 is 11.6 Å². The second-order valence-corrected chi connectivity index (χ2v) is 9.03. The number of rotatable bonds is 4. The SMILES string of the molecule is CC12CCC(C[C@@H](c3cccc(Cl)c3)[C@@H]1COc1cccc3ccccc13)N2. The van der Waals surface area contributed by atoms with Gasteiger partial charge < -0.3 is 10.1 Å². The molecule has 3 aromatic carbocycles. The lowest BCUT2D eigenvalue weighted by molar-refractivity contribution is 0.104. The van der Waals surface area contributed by atoms with Gasteiger partial charge >= 0.3 is 0 Å². The molecule has 3 heteroatoms. The van der Waals surface area contributed by atoms with Crippen LogP contribution in [-0.4, -0.2) is 18.2 Å². The molecule has 3 aromatic rings. The second-order valence-electron chi connectivity index (χ2n) is 8.59. The van der Waals surface area contributed by atoms with Gasteiger partial charge in [0, 0.05) is 27.9 Å². The molecule has 2 fully saturated rings. The molecule has 2 nitrogen and oxygen atoms in total. The lowest BCUT2D eigenvalue weighted by Gasteiger charge is -2.45. The molecule has 0 aliphatic carbocycles. The molecule has 0 amide bonds. The highest BCUT2D eigenvalue weighted by atomic mass is 35.5. The third kappa shape index (κ3) is 3.19. The molecule has 1 N–H and O–H groups in total. The van der Waals surface area contributed by atoms with E-state index in [2.05, 4.69) is 72.9 Å². The minimum Gasteiger partial charge on any atom is -0.493 e. The van der Waals surface area contributed by atoms with Gasteiger partial charge in [-0.25, -0.2) is 0 Å². The Balaban J connectivity index is 1.46. The molecule has 0 spiro atoms. The number of halogens is 1. The fourth-order valence-electron chi connectivity index (χ4n) is 5.38. The Kier molecular flexibility index (Phi) is 4.57. The quantitative estimate of drug-likeness (QED) is 0.572. The predicted molar refractivity (Wildman–Crippen MR) is 116 cm³/mol. The van der Waals surface area contributed by atoms with E-state index in [0.29, 0.717) is 24.5 Å². The summed E-state index contributed by atoms with van der Waals surface area (Å²) < 4.78 is 6.48. The van der Waals surface area contributed by atoms with Crippen LogP contribution in [0.5, 0.6) is 5.75 Å². The Hall–Kier alpha value is -2.03. The van der Waals surface area contributed by atoms with Gasteiger partial charge in [0.2, 0.25) is 0 Å². The first-order valence-electron chi connectivity index (χ1n) is 10.3. The lowest BCUT2D eigenvalue weighted by atomic mass is 9.71. The van der Waals surface area contributed by atoms with Crippen molar-refractivity contribution >= 4 is 22.4 Å². The van der Waals surface area contributed by atoms with Crippen molar-refractivity contribution in [2.75, 3.05) is 6.61 Å². The fraction of sp³-hybridized carbons (Fsp3) is 0.360. The Morgan fingerprint density at radius 1 is 1.07 bits per heavy atom. The van der Waals surface area contributed by atoms with E-state index in [1.54, 1.807) is 0 Å². The van der Waals surface area contributed by atoms with Crippen LogP contribution in [0.2, 0.25) is 5.02 Å². The Morgan fingerprint density at radius 3 is 2.79 bits per heavy atom. The van der Waals surface area contributed by atoms with E-state index in [1.165, 1.54) is 29.2 Å². The summed E-state index contributed by atoms with van der Waals surface area (Å²) in [4.78, 5) is 0. The summed E-state index contributed by atoms with van der Waals surface area (Å²) in [7, 11) is 0. The van der Waals surface area contributed by atoms with E-state index in [4.69, 9.17) is 16.3 Å². The zero-order chi connectivity index (χ0) is 19.1. The van der Waals surface area contributed by atoms with Crippen molar-refractivity contribution in [2.45, 2.75) is 43.7 Å². The molecule has 2 aliphatic heterocycles. The monoisotopic (exact) mass is 391 g/mol. The van der Waals surface area contributed by atoms with Crippen LogP contribution in [0.3, 0.4) is 0 Å². The van der Waals surface area contributed by atoms with E-state index in [9.17, 15) is 0 Å². The molecule has 0 aromatic heterocycles. The van der Waals surface area contributed by atoms with Gasteiger partial charge in [-0.2, -0.15) is 0 Å². The number of fused-ring (bicyclic) bond motifs is 3. The molecule has 144 valence electrons. The Labute approximate surface area is 171 Å². The standard InChI is InChI=1S/C25H26ClNO/c1-25-13-12-20(27-25)15-22(18-8-4-9-19(26)14-18)23(25)16-28-24-11-5-7-17-6-2-3-10-21(17)24/h2-11,14,20,22-23,27H,12-13,15-16H2,1H3/t20?,22-,23-,25?/m0/s1. The highest BCUT2D eigenvalue weighted by molar-refractivity contribution is 6.30. The molecular weight excluding hydrogens is 366 g/mol. The van der Waals surface area contributed by atoms with Crippen LogP contribution in [-0.2, 0) is 0 Å². The highest BCUT2D eigenvalue weighted by Gasteiger charge is 2.50. The van der Waals surface area contributed by atoms with Gasteiger partial charge in [0.25, 0.3) is 0 Å². The molecule has 0 saturated carbocycles. The third-order valence-electron chi connectivity index (χ3n) is 6.83. The predicted octanol–water partition coefficient (Wildman–Crippen LogP) is 6.19. The molecule has 4 atom stereocenters. The first kappa shape index (κ1) is 18.0. The van der Waals surface area contributed by atoms with Crippen molar-refractivity contribution in [1.29, 1.82) is 0 Å². The molecule has 0 radical (unpaired) electrons. The zero-order valence-electron chi connectivity index (χ0n) is 16.2. The normalized spacial score (nSPS) is 29.1. The largest absolute Gasteiger partial charge is 0.493 e. The van der Waals surface area contributed by atoms with Crippen molar-refractivity contribution in [3.8, 4) is 5.75 Å². The summed E-state index contributed by atoms with van der Waals surface area (Å²) in [5.74, 6) is 1.85. The minimum absolute atomic E-state index is 0.112. The summed E-state index contributed by atoms with van der Waals surface area (Å²) in [6.07, 6.45) is 3.61. The average Bonchev–Trinajstić information content (AvgIpc) is 3.03. The molecule has 5 rings (SSSR count). The molecule has 2 heterocycles. The molecule has 2 bridgehead atoms. The van der Waals surface area contributed by atoms with Crippen LogP contribution in [0.4, 0.5) is 0 Å². The molecular formula is C25H26ClNO. The van der Waals surface area contributed by atoms with Crippen LogP contribution in [0.25, 0.3) is 10.8 Å². The van der Waals surface area contributed by atoms with Gasteiger partial charge in [-0.3, -0.25) is 0 Å². The topological polar surface area (TPSA) is 21.3 Å². The van der Waals surface area contributed by atoms with Gasteiger partial charge in [0.15, 0.2) is 0 Å². The first-order valence-corrected chi connectivity index (χ1v) is 10.6. The molecule has 28 heavy (non-hydrogen) atoms. The second kappa shape index (κ2) is 7.09. The van der Waals surface area contributed by atoms with E-state index >= 15 is 0 Å². The van der Waals surface area contributed by atoms with Gasteiger partial charge in [-0.05, 0) is 61.3 Å². The number of hydrogen-bond acceptors (Lipinski definition) is 2. The van der Waals surface area contributed by atoms with E-state index in [-0.39, 0.29) is 5.54 Å². The van der Waals surface area contributed by atoms with Crippen molar-refractivity contribution in [1.82, 2.24) is 5.32 Å². The van der Waals surface area contributed by atoms with E-state index in [0.717, 1.165) is 17.2 Å². The fourth-order valence-corrected chi connectivity index (χ4v) is 5.57. The van der Waals surface area contributed by atoms with Crippen LogP contribution in [0.1, 0.15) is 37.7 Å². The molecule has 2 unspecified atom stereocenters. The van der Waals surface area contributed by atoms with Crippen LogP contribution in [0, 0.1) is 5.92 Å². The van der Waals surface area contributed by atoms with Crippen molar-refractivity contribution in [3.63, 3.8) is 0 Å². The zero-order valence-corrected chi connectivity index (χ0v) is 17.0. The highest BCUT2D eigenvalue weighted by Crippen LogP contribution is 2.48. The number of piperidine rings is 1. The summed E-state index contributed by atoms with van der Waals surface area (Å²) in [6, 6.07) is 23.8. The maximum absolute atomic E-state index is 6.48. The third-order valence-corrected chi connectivity index (χ3v) is 7.07. The smallest absolute Gasteiger partial charge is 0.127 e. The summed E-state index contributed by atoms with van der Waals surface area (Å²) in [5.41, 5.74) is 1.46. The Morgan fingerprint density at radius 2 is 1.89 bits per heavy atom. The van der Waals surface area contributed by atoms with Crippen molar-refractivity contribution < 1.29 is 4.74 Å². The summed E-state index contributed by atoms with van der Waals surface area (Å²) >= 11 is 6.33. The molecule has 2 saturated heterocycles. The maximum Gasteiger partial charge on any atom is 0.127 e. The van der Waals surface area contributed by atoms with Crippen molar-refractivity contribution in [2.24, 2.45) is 5.92 Å². The van der Waals surface area contributed by atoms with Gasteiger partial charge in [0.1, 0.15) is 5.75 Å². The van der Waals surface area contributed by atoms with E-state index < -0.39 is 0 Å². The maximum atomic E-state index is 6.48. The van der Waals surface area contributed by atoms with Gasteiger partial charge in [0.05, 0.1) is 6.61 Å². The summed E-state index contributed by atoms with van der Waals surface area (Å²) in [5, 5.41) is 7.12. The van der Waals surface area contributed by atoms with Crippen LogP contribution in [0.15, 0.2) is 66.7 Å². The molecule has 2 aliphatic rings. The van der Waals surface area contributed by atoms with Crippen LogP contribution < -0.4 is 10.1 Å². The minimum atomic E-state index is 0.112. The number of nitrogens with one attached hydrogen (secondary N) is 1. The number of hydrogen-bond donors (Lipinski definition) is 1. The van der Waals surface area contributed by atoms with Gasteiger partial charge in [-0.1, -0.05) is 60.1 Å². The lowest BCUT2D eigenvalue weighted by Crippen LogP contribution is -2.55. The summed E-state index contributed by atoms with van der Waals surface area (Å²) in [6.45, 7) is 3.09. The number of ether oxygens (including phenoxy) is 1. The van der Waals surface area contributed by atoms with Gasteiger partial charge in [-0.15, -0.1) is 0 Å². The average molecular weight is 392 g/mol. The Bertz CT molecular complexity index is 997. The van der Waals surface area contributed by atoms with Crippen molar-refractivity contribution in [3.05, 3.63) is 77.3 Å². The first-order chi connectivity index (χ1) is 13.6.